The first kappa shape index (κ1) is 18.4. The minimum atomic E-state index is -0.112. The zero-order valence-corrected chi connectivity index (χ0v) is 14.8. The highest BCUT2D eigenvalue weighted by molar-refractivity contribution is 5.93. The summed E-state index contributed by atoms with van der Waals surface area (Å²) in [7, 11) is 0. The Morgan fingerprint density at radius 2 is 1.88 bits per heavy atom. The van der Waals surface area contributed by atoms with Crippen LogP contribution in [-0.2, 0) is 9.59 Å². The maximum atomic E-state index is 12.3. The molecule has 1 saturated heterocycles. The number of nitrogens with zero attached hydrogens (tertiary/aromatic N) is 2. The van der Waals surface area contributed by atoms with E-state index in [1.807, 2.05) is 43.9 Å². The molecular weight excluding hydrogens is 304 g/mol. The second kappa shape index (κ2) is 8.26. The number of piperazine rings is 1. The number of carbonyl (C=O) groups is 2. The molecule has 1 fully saturated rings. The third-order valence-corrected chi connectivity index (χ3v) is 4.47. The molecule has 132 valence electrons. The average molecular weight is 332 g/mol. The van der Waals surface area contributed by atoms with Crippen molar-refractivity contribution >= 4 is 17.5 Å². The number of amides is 2. The summed E-state index contributed by atoms with van der Waals surface area (Å²) in [6.07, 6.45) is 0.382. The predicted octanol–water partition coefficient (Wildman–Crippen LogP) is 1.12. The lowest BCUT2D eigenvalue weighted by Crippen LogP contribution is -2.51. The fourth-order valence-electron chi connectivity index (χ4n) is 2.84. The van der Waals surface area contributed by atoms with Crippen LogP contribution in [0.4, 0.5) is 5.69 Å². The molecule has 0 aromatic heterocycles. The Balaban J connectivity index is 1.80. The molecule has 1 aliphatic rings. The molecule has 0 bridgehead atoms. The van der Waals surface area contributed by atoms with Crippen LogP contribution >= 0.6 is 0 Å². The number of benzene rings is 1. The van der Waals surface area contributed by atoms with Crippen molar-refractivity contribution in [3.05, 3.63) is 29.3 Å². The number of nitrogens with one attached hydrogen (secondary N) is 1. The number of hydrogen-bond acceptors (Lipinski definition) is 4. The summed E-state index contributed by atoms with van der Waals surface area (Å²) >= 11 is 0. The summed E-state index contributed by atoms with van der Waals surface area (Å²) in [5.41, 5.74) is 8.80. The van der Waals surface area contributed by atoms with E-state index in [2.05, 4.69) is 10.2 Å². The van der Waals surface area contributed by atoms with Gasteiger partial charge in [-0.25, -0.2) is 0 Å². The minimum absolute atomic E-state index is 0.0148. The van der Waals surface area contributed by atoms with Crippen LogP contribution in [0.1, 0.15) is 24.5 Å². The topological polar surface area (TPSA) is 78.7 Å². The number of carbonyl (C=O) groups excluding carboxylic acids is 2. The summed E-state index contributed by atoms with van der Waals surface area (Å²) in [6, 6.07) is 5.79. The van der Waals surface area contributed by atoms with Crippen molar-refractivity contribution in [1.29, 1.82) is 0 Å². The molecule has 1 aromatic carbocycles. The van der Waals surface area contributed by atoms with Crippen molar-refractivity contribution < 1.29 is 9.59 Å². The molecule has 6 nitrogen and oxygen atoms in total. The lowest BCUT2D eigenvalue weighted by Gasteiger charge is -2.34. The van der Waals surface area contributed by atoms with Crippen molar-refractivity contribution in [3.8, 4) is 0 Å². The van der Waals surface area contributed by atoms with Crippen LogP contribution in [0.3, 0.4) is 0 Å². The van der Waals surface area contributed by atoms with E-state index in [9.17, 15) is 9.59 Å². The Morgan fingerprint density at radius 3 is 2.50 bits per heavy atom. The normalized spacial score (nSPS) is 16.8. The van der Waals surface area contributed by atoms with Crippen LogP contribution < -0.4 is 11.1 Å². The molecule has 2 rings (SSSR count). The van der Waals surface area contributed by atoms with E-state index in [4.69, 9.17) is 5.73 Å². The zero-order chi connectivity index (χ0) is 17.7. The van der Waals surface area contributed by atoms with Gasteiger partial charge in [0.15, 0.2) is 0 Å². The SMILES string of the molecule is Cc1cccc(NC(=O)CN2CCN(C(=O)CC(C)N)CC2)c1C. The van der Waals surface area contributed by atoms with Crippen molar-refractivity contribution in [2.75, 3.05) is 38.0 Å². The van der Waals surface area contributed by atoms with Gasteiger partial charge in [0.1, 0.15) is 0 Å². The van der Waals surface area contributed by atoms with E-state index in [1.165, 1.54) is 0 Å². The van der Waals surface area contributed by atoms with Gasteiger partial charge in [0.05, 0.1) is 6.54 Å². The standard InChI is InChI=1S/C18H28N4O2/c1-13-5-4-6-16(15(13)3)20-17(23)12-21-7-9-22(10-8-21)18(24)11-14(2)19/h4-6,14H,7-12,19H2,1-3H3,(H,20,23). The molecule has 0 aliphatic carbocycles. The number of aryl methyl sites for hydroxylation is 1. The van der Waals surface area contributed by atoms with Gasteiger partial charge in [-0.1, -0.05) is 12.1 Å². The van der Waals surface area contributed by atoms with E-state index < -0.39 is 0 Å². The second-order valence-corrected chi connectivity index (χ2v) is 6.63. The molecule has 1 aliphatic heterocycles. The first-order valence-corrected chi connectivity index (χ1v) is 8.48. The Kier molecular flexibility index (Phi) is 6.34. The predicted molar refractivity (Wildman–Crippen MR) is 95.8 cm³/mol. The fourth-order valence-corrected chi connectivity index (χ4v) is 2.84. The molecule has 3 N–H and O–H groups in total. The van der Waals surface area contributed by atoms with E-state index in [1.54, 1.807) is 0 Å². The van der Waals surface area contributed by atoms with Gasteiger partial charge >= 0.3 is 0 Å². The third kappa shape index (κ3) is 5.04. The van der Waals surface area contributed by atoms with E-state index in [0.717, 1.165) is 16.8 Å². The first-order valence-electron chi connectivity index (χ1n) is 8.48. The number of nitrogens with two attached hydrogens (primary N) is 1. The summed E-state index contributed by atoms with van der Waals surface area (Å²) in [5.74, 6) is 0.0866. The van der Waals surface area contributed by atoms with Gasteiger partial charge in [-0.05, 0) is 38.0 Å². The van der Waals surface area contributed by atoms with Crippen molar-refractivity contribution in [2.24, 2.45) is 5.73 Å². The third-order valence-electron chi connectivity index (χ3n) is 4.47. The number of anilines is 1. The molecule has 1 atom stereocenters. The van der Waals surface area contributed by atoms with Gasteiger partial charge in [-0.3, -0.25) is 14.5 Å². The maximum absolute atomic E-state index is 12.3. The molecule has 24 heavy (non-hydrogen) atoms. The Bertz CT molecular complexity index is 593. The second-order valence-electron chi connectivity index (χ2n) is 6.63. The molecule has 2 amide bonds. The highest BCUT2D eigenvalue weighted by Crippen LogP contribution is 2.18. The summed E-state index contributed by atoms with van der Waals surface area (Å²) < 4.78 is 0. The Morgan fingerprint density at radius 1 is 1.21 bits per heavy atom. The van der Waals surface area contributed by atoms with Gasteiger partial charge < -0.3 is 16.0 Å². The van der Waals surface area contributed by atoms with Gasteiger partial charge in [0.2, 0.25) is 11.8 Å². The molecule has 0 radical (unpaired) electrons. The van der Waals surface area contributed by atoms with Crippen LogP contribution in [-0.4, -0.2) is 60.4 Å². The highest BCUT2D eigenvalue weighted by Gasteiger charge is 2.22. The lowest BCUT2D eigenvalue weighted by atomic mass is 10.1. The quantitative estimate of drug-likeness (QED) is 0.847. The van der Waals surface area contributed by atoms with E-state index in [0.29, 0.717) is 39.1 Å². The fraction of sp³-hybridized carbons (Fsp3) is 0.556. The van der Waals surface area contributed by atoms with Crippen LogP contribution in [0.2, 0.25) is 0 Å². The van der Waals surface area contributed by atoms with Gasteiger partial charge in [-0.2, -0.15) is 0 Å². The monoisotopic (exact) mass is 332 g/mol. The first-order chi connectivity index (χ1) is 11.4. The highest BCUT2D eigenvalue weighted by atomic mass is 16.2. The van der Waals surface area contributed by atoms with Crippen LogP contribution in [0.15, 0.2) is 18.2 Å². The number of hydrogen-bond donors (Lipinski definition) is 2. The summed E-state index contributed by atoms with van der Waals surface area (Å²) in [5, 5.41) is 2.98. The molecule has 1 aromatic rings. The van der Waals surface area contributed by atoms with E-state index >= 15 is 0 Å². The Hall–Kier alpha value is -1.92. The van der Waals surface area contributed by atoms with Gasteiger partial charge in [-0.15, -0.1) is 0 Å². The smallest absolute Gasteiger partial charge is 0.238 e. The zero-order valence-electron chi connectivity index (χ0n) is 14.8. The maximum Gasteiger partial charge on any atom is 0.238 e. The van der Waals surface area contributed by atoms with Gasteiger partial charge in [0.25, 0.3) is 0 Å². The van der Waals surface area contributed by atoms with Crippen molar-refractivity contribution in [3.63, 3.8) is 0 Å². The van der Waals surface area contributed by atoms with Gasteiger partial charge in [0, 0.05) is 44.3 Å². The molecular formula is C18H28N4O2. The summed E-state index contributed by atoms with van der Waals surface area (Å²) in [6.45, 7) is 8.96. The molecule has 1 unspecified atom stereocenters. The largest absolute Gasteiger partial charge is 0.340 e. The molecule has 1 heterocycles. The van der Waals surface area contributed by atoms with Crippen LogP contribution in [0.25, 0.3) is 0 Å². The summed E-state index contributed by atoms with van der Waals surface area (Å²) in [4.78, 5) is 28.2. The molecule has 0 spiro atoms. The molecule has 0 saturated carbocycles. The van der Waals surface area contributed by atoms with Crippen LogP contribution in [0.5, 0.6) is 0 Å². The van der Waals surface area contributed by atoms with Crippen molar-refractivity contribution in [2.45, 2.75) is 33.2 Å². The number of rotatable bonds is 5. The van der Waals surface area contributed by atoms with E-state index in [-0.39, 0.29) is 17.9 Å². The average Bonchev–Trinajstić information content (AvgIpc) is 2.52. The Labute approximate surface area is 144 Å². The van der Waals surface area contributed by atoms with Crippen molar-refractivity contribution in [1.82, 2.24) is 9.80 Å². The van der Waals surface area contributed by atoms with Crippen LogP contribution in [0, 0.1) is 13.8 Å². The molecule has 6 heteroatoms. The minimum Gasteiger partial charge on any atom is -0.340 e. The lowest BCUT2D eigenvalue weighted by molar-refractivity contribution is -0.133.